The average molecular weight is 305 g/mol. The van der Waals surface area contributed by atoms with Gasteiger partial charge >= 0.3 is 0 Å². The fourth-order valence-corrected chi connectivity index (χ4v) is 1.68. The van der Waals surface area contributed by atoms with Crippen molar-refractivity contribution in [3.63, 3.8) is 0 Å². The van der Waals surface area contributed by atoms with Gasteiger partial charge in [-0.2, -0.15) is 0 Å². The van der Waals surface area contributed by atoms with Crippen LogP contribution < -0.4 is 0 Å². The van der Waals surface area contributed by atoms with E-state index in [1.807, 2.05) is 19.9 Å². The zero-order chi connectivity index (χ0) is 10.7. The Bertz CT molecular complexity index is 339. The lowest BCUT2D eigenvalue weighted by Crippen LogP contribution is -2.05. The van der Waals surface area contributed by atoms with Crippen molar-refractivity contribution in [1.82, 2.24) is 0 Å². The number of halogens is 1. The molecule has 0 bridgehead atoms. The van der Waals surface area contributed by atoms with Crippen LogP contribution in [0.15, 0.2) is 23.4 Å². The molecule has 0 amide bonds. The second-order valence-electron chi connectivity index (χ2n) is 3.48. The topological polar surface area (TPSA) is 49.7 Å². The summed E-state index contributed by atoms with van der Waals surface area (Å²) in [5, 5.41) is 12.7. The molecule has 1 aromatic carbocycles. The molecule has 0 radical (unpaired) electrons. The lowest BCUT2D eigenvalue weighted by atomic mass is 9.98. The van der Waals surface area contributed by atoms with E-state index in [1.54, 1.807) is 12.1 Å². The SMILES string of the molecule is CC(C)[C@@H](O)c1ccc(I)cc1N=O. The molecule has 0 saturated carbocycles. The van der Waals surface area contributed by atoms with Crippen molar-refractivity contribution in [2.24, 2.45) is 11.1 Å². The van der Waals surface area contributed by atoms with Crippen molar-refractivity contribution in [3.05, 3.63) is 32.2 Å². The van der Waals surface area contributed by atoms with E-state index in [0.29, 0.717) is 11.3 Å². The highest BCUT2D eigenvalue weighted by Crippen LogP contribution is 2.31. The van der Waals surface area contributed by atoms with Crippen LogP contribution in [0.2, 0.25) is 0 Å². The largest absolute Gasteiger partial charge is 0.388 e. The van der Waals surface area contributed by atoms with Gasteiger partial charge in [-0.1, -0.05) is 19.9 Å². The van der Waals surface area contributed by atoms with Crippen LogP contribution in [-0.4, -0.2) is 5.11 Å². The number of nitrogens with zero attached hydrogens (tertiary/aromatic N) is 1. The fraction of sp³-hybridized carbons (Fsp3) is 0.400. The van der Waals surface area contributed by atoms with Crippen LogP contribution in [0.25, 0.3) is 0 Å². The quantitative estimate of drug-likeness (QED) is 0.687. The van der Waals surface area contributed by atoms with E-state index in [4.69, 9.17) is 0 Å². The van der Waals surface area contributed by atoms with E-state index < -0.39 is 6.10 Å². The fourth-order valence-electron chi connectivity index (χ4n) is 1.21. The maximum atomic E-state index is 10.5. The maximum absolute atomic E-state index is 10.5. The Morgan fingerprint density at radius 1 is 1.43 bits per heavy atom. The summed E-state index contributed by atoms with van der Waals surface area (Å²) in [6, 6.07) is 5.29. The van der Waals surface area contributed by atoms with Crippen molar-refractivity contribution in [3.8, 4) is 0 Å². The minimum atomic E-state index is -0.625. The van der Waals surface area contributed by atoms with Gasteiger partial charge < -0.3 is 5.11 Å². The number of nitroso groups, excluding NO2 is 1. The molecule has 0 unspecified atom stereocenters. The van der Waals surface area contributed by atoms with Crippen molar-refractivity contribution in [2.75, 3.05) is 0 Å². The van der Waals surface area contributed by atoms with Crippen LogP contribution in [-0.2, 0) is 0 Å². The first kappa shape index (κ1) is 11.6. The molecule has 0 aliphatic carbocycles. The molecule has 4 heteroatoms. The zero-order valence-electron chi connectivity index (χ0n) is 8.07. The Hall–Kier alpha value is -0.490. The molecule has 0 saturated heterocycles. The second kappa shape index (κ2) is 4.84. The summed E-state index contributed by atoms with van der Waals surface area (Å²) in [5.41, 5.74) is 0.938. The lowest BCUT2D eigenvalue weighted by Gasteiger charge is -2.15. The van der Waals surface area contributed by atoms with E-state index in [9.17, 15) is 10.0 Å². The van der Waals surface area contributed by atoms with Crippen LogP contribution in [0.1, 0.15) is 25.5 Å². The van der Waals surface area contributed by atoms with Gasteiger partial charge in [-0.15, -0.1) is 4.91 Å². The Kier molecular flexibility index (Phi) is 4.00. The summed E-state index contributed by atoms with van der Waals surface area (Å²) in [6.45, 7) is 3.80. The molecular weight excluding hydrogens is 293 g/mol. The van der Waals surface area contributed by atoms with Gasteiger partial charge in [0, 0.05) is 9.13 Å². The molecule has 1 atom stereocenters. The molecule has 1 rings (SSSR count). The molecule has 0 aliphatic heterocycles. The van der Waals surface area contributed by atoms with E-state index in [1.165, 1.54) is 0 Å². The first-order chi connectivity index (χ1) is 6.56. The summed E-state index contributed by atoms with van der Waals surface area (Å²) < 4.78 is 0.942. The Morgan fingerprint density at radius 3 is 2.57 bits per heavy atom. The van der Waals surface area contributed by atoms with Crippen molar-refractivity contribution in [2.45, 2.75) is 20.0 Å². The number of benzene rings is 1. The molecule has 0 spiro atoms. The van der Waals surface area contributed by atoms with Crippen LogP contribution in [0.4, 0.5) is 5.69 Å². The van der Waals surface area contributed by atoms with Gasteiger partial charge in [0.15, 0.2) is 0 Å². The minimum Gasteiger partial charge on any atom is -0.388 e. The highest BCUT2D eigenvalue weighted by Gasteiger charge is 2.16. The summed E-state index contributed by atoms with van der Waals surface area (Å²) in [5.74, 6) is 0.0792. The van der Waals surface area contributed by atoms with Crippen LogP contribution >= 0.6 is 22.6 Å². The van der Waals surface area contributed by atoms with E-state index in [2.05, 4.69) is 27.8 Å². The van der Waals surface area contributed by atoms with Crippen LogP contribution in [0.3, 0.4) is 0 Å². The molecule has 0 fully saturated rings. The van der Waals surface area contributed by atoms with Crippen molar-refractivity contribution in [1.29, 1.82) is 0 Å². The summed E-state index contributed by atoms with van der Waals surface area (Å²) in [4.78, 5) is 10.5. The molecular formula is C10H12INO2. The predicted octanol–water partition coefficient (Wildman–Crippen LogP) is 3.38. The smallest absolute Gasteiger partial charge is 0.114 e. The van der Waals surface area contributed by atoms with Gasteiger partial charge in [0.25, 0.3) is 0 Å². The molecule has 14 heavy (non-hydrogen) atoms. The number of rotatable bonds is 3. The molecule has 76 valence electrons. The Labute approximate surface area is 96.6 Å². The average Bonchev–Trinajstić information content (AvgIpc) is 2.16. The molecule has 1 N–H and O–H groups in total. The van der Waals surface area contributed by atoms with E-state index in [-0.39, 0.29) is 5.92 Å². The van der Waals surface area contributed by atoms with Gasteiger partial charge in [0.1, 0.15) is 5.69 Å². The van der Waals surface area contributed by atoms with Gasteiger partial charge in [-0.3, -0.25) is 0 Å². The van der Waals surface area contributed by atoms with E-state index in [0.717, 1.165) is 3.57 Å². The number of hydrogen-bond acceptors (Lipinski definition) is 3. The summed E-state index contributed by atoms with van der Waals surface area (Å²) in [6.07, 6.45) is -0.625. The molecule has 0 aromatic heterocycles. The molecule has 0 heterocycles. The molecule has 1 aromatic rings. The lowest BCUT2D eigenvalue weighted by molar-refractivity contribution is 0.127. The van der Waals surface area contributed by atoms with Crippen molar-refractivity contribution < 1.29 is 5.11 Å². The predicted molar refractivity (Wildman–Crippen MR) is 64.4 cm³/mol. The first-order valence-corrected chi connectivity index (χ1v) is 5.45. The Balaban J connectivity index is 3.13. The number of aliphatic hydroxyl groups is 1. The van der Waals surface area contributed by atoms with Gasteiger partial charge in [0.05, 0.1) is 6.10 Å². The highest BCUT2D eigenvalue weighted by atomic mass is 127. The third-order valence-electron chi connectivity index (χ3n) is 2.04. The third kappa shape index (κ3) is 2.51. The first-order valence-electron chi connectivity index (χ1n) is 4.37. The second-order valence-corrected chi connectivity index (χ2v) is 4.73. The van der Waals surface area contributed by atoms with Gasteiger partial charge in [-0.25, -0.2) is 0 Å². The summed E-state index contributed by atoms with van der Waals surface area (Å²) >= 11 is 2.11. The Morgan fingerprint density at radius 2 is 2.07 bits per heavy atom. The number of aliphatic hydroxyl groups excluding tert-OH is 1. The highest BCUT2D eigenvalue weighted by molar-refractivity contribution is 14.1. The van der Waals surface area contributed by atoms with Crippen LogP contribution in [0, 0.1) is 14.4 Å². The third-order valence-corrected chi connectivity index (χ3v) is 2.71. The normalized spacial score (nSPS) is 12.9. The summed E-state index contributed by atoms with van der Waals surface area (Å²) in [7, 11) is 0. The molecule has 0 aliphatic rings. The monoisotopic (exact) mass is 305 g/mol. The van der Waals surface area contributed by atoms with Crippen molar-refractivity contribution >= 4 is 28.3 Å². The number of hydrogen-bond donors (Lipinski definition) is 1. The zero-order valence-corrected chi connectivity index (χ0v) is 10.2. The van der Waals surface area contributed by atoms with Gasteiger partial charge in [0.2, 0.25) is 0 Å². The standard InChI is InChI=1S/C10H12INO2/c1-6(2)10(13)8-4-3-7(11)5-9(8)12-14/h3-6,10,13H,1-2H3/t10-/m1/s1. The van der Waals surface area contributed by atoms with E-state index >= 15 is 0 Å². The molecule has 3 nitrogen and oxygen atoms in total. The van der Waals surface area contributed by atoms with Crippen LogP contribution in [0.5, 0.6) is 0 Å². The minimum absolute atomic E-state index is 0.0792. The van der Waals surface area contributed by atoms with Gasteiger partial charge in [-0.05, 0) is 45.8 Å². The maximum Gasteiger partial charge on any atom is 0.114 e.